The molecule has 1 saturated heterocycles. The molecule has 0 bridgehead atoms. The monoisotopic (exact) mass is 300 g/mol. The number of hydrogen-bond acceptors (Lipinski definition) is 4. The number of piperidine rings is 1. The summed E-state index contributed by atoms with van der Waals surface area (Å²) in [5.74, 6) is -0.314. The number of likely N-dealkylation sites (tertiary alicyclic amines) is 1. The van der Waals surface area contributed by atoms with Crippen molar-refractivity contribution in [3.63, 3.8) is 0 Å². The molecule has 1 fully saturated rings. The van der Waals surface area contributed by atoms with Crippen molar-refractivity contribution in [1.82, 2.24) is 14.9 Å². The summed E-state index contributed by atoms with van der Waals surface area (Å²) in [5.41, 5.74) is 1.67. The van der Waals surface area contributed by atoms with Crippen molar-refractivity contribution in [1.29, 1.82) is 0 Å². The van der Waals surface area contributed by atoms with Crippen molar-refractivity contribution in [3.8, 4) is 0 Å². The molecule has 0 amide bonds. The molecule has 0 aliphatic carbocycles. The van der Waals surface area contributed by atoms with Gasteiger partial charge in [-0.2, -0.15) is 0 Å². The smallest absolute Gasteiger partial charge is 0.164 e. The molecule has 3 heterocycles. The van der Waals surface area contributed by atoms with E-state index in [2.05, 4.69) is 26.3 Å². The van der Waals surface area contributed by atoms with Gasteiger partial charge >= 0.3 is 0 Å². The van der Waals surface area contributed by atoms with Gasteiger partial charge in [0.15, 0.2) is 5.82 Å². The lowest BCUT2D eigenvalue weighted by Gasteiger charge is -2.35. The molecule has 1 unspecified atom stereocenters. The Hall–Kier alpha value is -2.01. The topological polar surface area (TPSA) is 41.1 Å². The Balaban J connectivity index is 1.75. The van der Waals surface area contributed by atoms with Crippen LogP contribution in [0.15, 0.2) is 43.0 Å². The standard InChI is InChI=1S/C17H21FN4/c18-15-12-20-8-6-16(15)21-13-17(14-5-4-7-19-11-14)22-9-2-1-3-10-22/h4-8,11-12,17H,1-3,9-10,13H2,(H,20,21). The first-order valence-corrected chi connectivity index (χ1v) is 7.82. The molecule has 0 spiro atoms. The lowest BCUT2D eigenvalue weighted by Crippen LogP contribution is -2.37. The van der Waals surface area contributed by atoms with E-state index in [9.17, 15) is 4.39 Å². The molecular formula is C17H21FN4. The average molecular weight is 300 g/mol. The highest BCUT2D eigenvalue weighted by molar-refractivity contribution is 5.43. The van der Waals surface area contributed by atoms with Crippen molar-refractivity contribution in [2.75, 3.05) is 25.0 Å². The molecule has 0 saturated carbocycles. The number of halogens is 1. The van der Waals surface area contributed by atoms with Gasteiger partial charge in [-0.1, -0.05) is 12.5 Å². The zero-order valence-electron chi connectivity index (χ0n) is 12.6. The van der Waals surface area contributed by atoms with Crippen LogP contribution in [0.2, 0.25) is 0 Å². The molecule has 22 heavy (non-hydrogen) atoms. The Labute approximate surface area is 130 Å². The van der Waals surface area contributed by atoms with Gasteiger partial charge in [-0.15, -0.1) is 0 Å². The third kappa shape index (κ3) is 3.60. The number of anilines is 1. The van der Waals surface area contributed by atoms with Gasteiger partial charge < -0.3 is 5.32 Å². The van der Waals surface area contributed by atoms with E-state index < -0.39 is 0 Å². The Morgan fingerprint density at radius 3 is 2.64 bits per heavy atom. The van der Waals surface area contributed by atoms with Crippen LogP contribution in [0.5, 0.6) is 0 Å². The van der Waals surface area contributed by atoms with Crippen LogP contribution in [-0.2, 0) is 0 Å². The number of aromatic nitrogens is 2. The molecule has 3 rings (SSSR count). The Kier molecular flexibility index (Phi) is 4.96. The highest BCUT2D eigenvalue weighted by Crippen LogP contribution is 2.25. The highest BCUT2D eigenvalue weighted by Gasteiger charge is 2.22. The highest BCUT2D eigenvalue weighted by atomic mass is 19.1. The zero-order chi connectivity index (χ0) is 15.2. The second-order valence-corrected chi connectivity index (χ2v) is 5.64. The van der Waals surface area contributed by atoms with Gasteiger partial charge in [0.1, 0.15) is 0 Å². The van der Waals surface area contributed by atoms with Crippen LogP contribution >= 0.6 is 0 Å². The van der Waals surface area contributed by atoms with E-state index in [1.165, 1.54) is 31.0 Å². The maximum Gasteiger partial charge on any atom is 0.164 e. The fourth-order valence-corrected chi connectivity index (χ4v) is 2.99. The summed E-state index contributed by atoms with van der Waals surface area (Å²) in [6.07, 6.45) is 10.3. The van der Waals surface area contributed by atoms with Crippen LogP contribution < -0.4 is 5.32 Å². The quantitative estimate of drug-likeness (QED) is 0.920. The van der Waals surface area contributed by atoms with E-state index in [1.807, 2.05) is 12.3 Å². The summed E-state index contributed by atoms with van der Waals surface area (Å²) in [5, 5.41) is 3.22. The van der Waals surface area contributed by atoms with Gasteiger partial charge in [-0.05, 0) is 43.6 Å². The molecule has 116 valence electrons. The van der Waals surface area contributed by atoms with E-state index in [-0.39, 0.29) is 11.9 Å². The van der Waals surface area contributed by atoms with Gasteiger partial charge in [0.25, 0.3) is 0 Å². The van der Waals surface area contributed by atoms with Crippen molar-refractivity contribution in [2.24, 2.45) is 0 Å². The fraction of sp³-hybridized carbons (Fsp3) is 0.412. The lowest BCUT2D eigenvalue weighted by atomic mass is 10.0. The average Bonchev–Trinajstić information content (AvgIpc) is 2.59. The molecule has 2 aromatic rings. The van der Waals surface area contributed by atoms with Gasteiger partial charge in [0.05, 0.1) is 17.9 Å². The lowest BCUT2D eigenvalue weighted by molar-refractivity contribution is 0.170. The maximum absolute atomic E-state index is 13.7. The van der Waals surface area contributed by atoms with Gasteiger partial charge in [0.2, 0.25) is 0 Å². The van der Waals surface area contributed by atoms with E-state index in [0.29, 0.717) is 12.2 Å². The Bertz CT molecular complexity index is 584. The fourth-order valence-electron chi connectivity index (χ4n) is 2.99. The van der Waals surface area contributed by atoms with Crippen molar-refractivity contribution >= 4 is 5.69 Å². The van der Waals surface area contributed by atoms with Crippen LogP contribution in [0, 0.1) is 5.82 Å². The number of nitrogens with zero attached hydrogens (tertiary/aromatic N) is 3. The molecule has 4 nitrogen and oxygen atoms in total. The zero-order valence-corrected chi connectivity index (χ0v) is 12.6. The van der Waals surface area contributed by atoms with Crippen LogP contribution in [0.3, 0.4) is 0 Å². The maximum atomic E-state index is 13.7. The van der Waals surface area contributed by atoms with E-state index in [0.717, 1.165) is 13.1 Å². The summed E-state index contributed by atoms with van der Waals surface area (Å²) in [6.45, 7) is 2.83. The van der Waals surface area contributed by atoms with Crippen molar-refractivity contribution in [2.45, 2.75) is 25.3 Å². The van der Waals surface area contributed by atoms with Gasteiger partial charge in [0, 0.05) is 25.1 Å². The first kappa shape index (κ1) is 14.9. The minimum Gasteiger partial charge on any atom is -0.381 e. The number of hydrogen-bond donors (Lipinski definition) is 1. The normalized spacial score (nSPS) is 17.1. The first-order valence-electron chi connectivity index (χ1n) is 7.82. The molecule has 1 N–H and O–H groups in total. The largest absolute Gasteiger partial charge is 0.381 e. The van der Waals surface area contributed by atoms with Crippen molar-refractivity contribution in [3.05, 3.63) is 54.4 Å². The van der Waals surface area contributed by atoms with Crippen LogP contribution in [0.1, 0.15) is 30.9 Å². The molecule has 1 atom stereocenters. The predicted octanol–water partition coefficient (Wildman–Crippen LogP) is 3.25. The SMILES string of the molecule is Fc1cnccc1NCC(c1cccnc1)N1CCCCC1. The van der Waals surface area contributed by atoms with E-state index in [4.69, 9.17) is 0 Å². The summed E-state index contributed by atoms with van der Waals surface area (Å²) in [6, 6.07) is 5.93. The van der Waals surface area contributed by atoms with E-state index >= 15 is 0 Å². The molecule has 0 aromatic carbocycles. The predicted molar refractivity (Wildman–Crippen MR) is 85.1 cm³/mol. The van der Waals surface area contributed by atoms with Crippen molar-refractivity contribution < 1.29 is 4.39 Å². The molecule has 2 aromatic heterocycles. The minimum atomic E-state index is -0.314. The summed E-state index contributed by atoms with van der Waals surface area (Å²) in [7, 11) is 0. The second-order valence-electron chi connectivity index (χ2n) is 5.64. The van der Waals surface area contributed by atoms with Gasteiger partial charge in [-0.3, -0.25) is 14.9 Å². The number of rotatable bonds is 5. The third-order valence-corrected chi connectivity index (χ3v) is 4.16. The second kappa shape index (κ2) is 7.31. The van der Waals surface area contributed by atoms with E-state index in [1.54, 1.807) is 18.5 Å². The third-order valence-electron chi connectivity index (χ3n) is 4.16. The van der Waals surface area contributed by atoms with Crippen LogP contribution in [-0.4, -0.2) is 34.5 Å². The minimum absolute atomic E-state index is 0.210. The van der Waals surface area contributed by atoms with Crippen LogP contribution in [0.4, 0.5) is 10.1 Å². The Morgan fingerprint density at radius 2 is 1.91 bits per heavy atom. The molecular weight excluding hydrogens is 279 g/mol. The summed E-state index contributed by atoms with van der Waals surface area (Å²) < 4.78 is 13.7. The summed E-state index contributed by atoms with van der Waals surface area (Å²) >= 11 is 0. The molecule has 5 heteroatoms. The number of pyridine rings is 2. The molecule has 1 aliphatic rings. The number of nitrogens with one attached hydrogen (secondary N) is 1. The summed E-state index contributed by atoms with van der Waals surface area (Å²) in [4.78, 5) is 10.5. The molecule has 0 radical (unpaired) electrons. The Morgan fingerprint density at radius 1 is 1.09 bits per heavy atom. The first-order chi connectivity index (χ1) is 10.8. The van der Waals surface area contributed by atoms with Crippen LogP contribution in [0.25, 0.3) is 0 Å². The van der Waals surface area contributed by atoms with Gasteiger partial charge in [-0.25, -0.2) is 4.39 Å². The molecule has 1 aliphatic heterocycles.